The highest BCUT2D eigenvalue weighted by Gasteiger charge is 2.24. The van der Waals surface area contributed by atoms with Gasteiger partial charge in [-0.15, -0.1) is 0 Å². The first kappa shape index (κ1) is 12.9. The number of cyclic esters (lactones) is 1. The summed E-state index contributed by atoms with van der Waals surface area (Å²) in [6, 6.07) is 9.15. The summed E-state index contributed by atoms with van der Waals surface area (Å²) in [4.78, 5) is 16.0. The molecule has 0 saturated heterocycles. The third-order valence-corrected chi connectivity index (χ3v) is 3.74. The van der Waals surface area contributed by atoms with Crippen molar-refractivity contribution in [2.45, 2.75) is 6.92 Å². The van der Waals surface area contributed by atoms with Crippen LogP contribution in [-0.4, -0.2) is 11.9 Å². The lowest BCUT2D eigenvalue weighted by Crippen LogP contribution is -2.05. The van der Waals surface area contributed by atoms with Crippen molar-refractivity contribution in [2.24, 2.45) is 4.99 Å². The predicted molar refractivity (Wildman–Crippen MR) is 78.2 cm³/mol. The summed E-state index contributed by atoms with van der Waals surface area (Å²) in [5.74, 6) is 0.398. The van der Waals surface area contributed by atoms with Crippen molar-refractivity contribution in [3.8, 4) is 0 Å². The van der Waals surface area contributed by atoms with E-state index in [0.717, 1.165) is 15.6 Å². The van der Waals surface area contributed by atoms with E-state index in [1.807, 2.05) is 25.1 Å². The minimum atomic E-state index is -0.475. The summed E-state index contributed by atoms with van der Waals surface area (Å²) in [6.07, 6.45) is 3.09. The van der Waals surface area contributed by atoms with Gasteiger partial charge < -0.3 is 9.15 Å². The van der Waals surface area contributed by atoms with Gasteiger partial charge in [0.25, 0.3) is 0 Å². The quantitative estimate of drug-likeness (QED) is 0.622. The number of benzene rings is 1. The van der Waals surface area contributed by atoms with Gasteiger partial charge in [0.15, 0.2) is 5.70 Å². The zero-order valence-electron chi connectivity index (χ0n) is 10.6. The van der Waals surface area contributed by atoms with Gasteiger partial charge in [0.1, 0.15) is 5.76 Å². The SMILES string of the molecule is Cc1cc(C2=N/C(=C\c3ccco3)C(=O)O2)ccc1Br. The maximum Gasteiger partial charge on any atom is 0.363 e. The molecule has 3 rings (SSSR count). The van der Waals surface area contributed by atoms with Crippen LogP contribution in [0.1, 0.15) is 16.9 Å². The van der Waals surface area contributed by atoms with Gasteiger partial charge >= 0.3 is 5.97 Å². The van der Waals surface area contributed by atoms with Crippen LogP contribution < -0.4 is 0 Å². The molecule has 0 radical (unpaired) electrons. The molecule has 2 aromatic rings. The molecule has 5 heteroatoms. The molecule has 1 aromatic heterocycles. The number of ether oxygens (including phenoxy) is 1. The minimum absolute atomic E-state index is 0.232. The molecule has 0 saturated carbocycles. The Labute approximate surface area is 123 Å². The molecule has 20 heavy (non-hydrogen) atoms. The number of hydrogen-bond donors (Lipinski definition) is 0. The Morgan fingerprint density at radius 3 is 2.85 bits per heavy atom. The monoisotopic (exact) mass is 331 g/mol. The molecule has 0 spiro atoms. The molecule has 0 aliphatic carbocycles. The predicted octanol–water partition coefficient (Wildman–Crippen LogP) is 3.70. The Morgan fingerprint density at radius 1 is 1.30 bits per heavy atom. The maximum absolute atomic E-state index is 11.8. The molecular formula is C15H10BrNO3. The molecule has 0 fully saturated rings. The van der Waals surface area contributed by atoms with Crippen LogP contribution in [0.2, 0.25) is 0 Å². The molecule has 1 aliphatic heterocycles. The van der Waals surface area contributed by atoms with Crippen LogP contribution in [0.4, 0.5) is 0 Å². The van der Waals surface area contributed by atoms with E-state index in [0.29, 0.717) is 11.7 Å². The summed E-state index contributed by atoms with van der Waals surface area (Å²) >= 11 is 3.43. The Kier molecular flexibility index (Phi) is 3.28. The summed E-state index contributed by atoms with van der Waals surface area (Å²) in [6.45, 7) is 1.96. The topological polar surface area (TPSA) is 51.8 Å². The first-order chi connectivity index (χ1) is 9.63. The fourth-order valence-corrected chi connectivity index (χ4v) is 2.07. The zero-order valence-corrected chi connectivity index (χ0v) is 12.2. The summed E-state index contributed by atoms with van der Waals surface area (Å²) in [5, 5.41) is 0. The number of aliphatic imine (C=N–C) groups is 1. The van der Waals surface area contributed by atoms with E-state index in [4.69, 9.17) is 9.15 Å². The molecule has 1 aromatic carbocycles. The van der Waals surface area contributed by atoms with Crippen molar-refractivity contribution in [2.75, 3.05) is 0 Å². The number of esters is 1. The number of hydrogen-bond acceptors (Lipinski definition) is 4. The van der Waals surface area contributed by atoms with Crippen molar-refractivity contribution in [3.05, 3.63) is 63.7 Å². The second kappa shape index (κ2) is 5.09. The highest BCUT2D eigenvalue weighted by Crippen LogP contribution is 2.22. The maximum atomic E-state index is 11.8. The highest BCUT2D eigenvalue weighted by atomic mass is 79.9. The molecular weight excluding hydrogens is 322 g/mol. The average Bonchev–Trinajstić information content (AvgIpc) is 3.04. The van der Waals surface area contributed by atoms with Crippen LogP contribution in [0.5, 0.6) is 0 Å². The van der Waals surface area contributed by atoms with Crippen molar-refractivity contribution >= 4 is 33.9 Å². The standard InChI is InChI=1S/C15H10BrNO3/c1-9-7-10(4-5-12(9)16)14-17-13(15(18)20-14)8-11-3-2-6-19-11/h2-8H,1H3/b13-8-. The fourth-order valence-electron chi connectivity index (χ4n) is 1.82. The first-order valence-electron chi connectivity index (χ1n) is 5.96. The third kappa shape index (κ3) is 2.44. The number of nitrogens with zero attached hydrogens (tertiary/aromatic N) is 1. The molecule has 4 nitrogen and oxygen atoms in total. The van der Waals surface area contributed by atoms with Crippen molar-refractivity contribution in [1.29, 1.82) is 0 Å². The molecule has 0 N–H and O–H groups in total. The number of aryl methyl sites for hydroxylation is 1. The molecule has 0 unspecified atom stereocenters. The largest absolute Gasteiger partial charge is 0.465 e. The van der Waals surface area contributed by atoms with E-state index in [1.165, 1.54) is 6.26 Å². The zero-order chi connectivity index (χ0) is 14.1. The summed E-state index contributed by atoms with van der Waals surface area (Å²) < 4.78 is 11.3. The van der Waals surface area contributed by atoms with Gasteiger partial charge in [-0.2, -0.15) is 0 Å². The van der Waals surface area contributed by atoms with Crippen LogP contribution in [0.15, 0.2) is 56.2 Å². The van der Waals surface area contributed by atoms with Gasteiger partial charge in [-0.05, 0) is 42.8 Å². The van der Waals surface area contributed by atoms with E-state index in [2.05, 4.69) is 20.9 Å². The van der Waals surface area contributed by atoms with Crippen LogP contribution in [-0.2, 0) is 9.53 Å². The fraction of sp³-hybridized carbons (Fsp3) is 0.0667. The van der Waals surface area contributed by atoms with Crippen LogP contribution in [0, 0.1) is 6.92 Å². The Bertz CT molecular complexity index is 730. The number of carbonyl (C=O) groups excluding carboxylic acids is 1. The molecule has 0 atom stereocenters. The molecule has 0 amide bonds. The van der Waals surface area contributed by atoms with Gasteiger partial charge in [-0.1, -0.05) is 15.9 Å². The number of halogens is 1. The van der Waals surface area contributed by atoms with Crippen LogP contribution >= 0.6 is 15.9 Å². The van der Waals surface area contributed by atoms with Crippen LogP contribution in [0.25, 0.3) is 6.08 Å². The Morgan fingerprint density at radius 2 is 2.15 bits per heavy atom. The van der Waals surface area contributed by atoms with Crippen LogP contribution in [0.3, 0.4) is 0 Å². The van der Waals surface area contributed by atoms with Gasteiger partial charge in [-0.3, -0.25) is 0 Å². The molecule has 100 valence electrons. The number of carbonyl (C=O) groups is 1. The van der Waals surface area contributed by atoms with E-state index in [1.54, 1.807) is 18.2 Å². The van der Waals surface area contributed by atoms with E-state index < -0.39 is 5.97 Å². The first-order valence-corrected chi connectivity index (χ1v) is 6.75. The van der Waals surface area contributed by atoms with Gasteiger partial charge in [0, 0.05) is 16.1 Å². The van der Waals surface area contributed by atoms with Gasteiger partial charge in [0.05, 0.1) is 6.26 Å². The summed E-state index contributed by atoms with van der Waals surface area (Å²) in [5.41, 5.74) is 2.04. The lowest BCUT2D eigenvalue weighted by atomic mass is 10.1. The van der Waals surface area contributed by atoms with Crippen molar-refractivity contribution < 1.29 is 13.9 Å². The third-order valence-electron chi connectivity index (χ3n) is 2.85. The smallest absolute Gasteiger partial charge is 0.363 e. The van der Waals surface area contributed by atoms with Crippen molar-refractivity contribution in [3.63, 3.8) is 0 Å². The average molecular weight is 332 g/mol. The molecule has 0 bridgehead atoms. The van der Waals surface area contributed by atoms with Gasteiger partial charge in [-0.25, -0.2) is 9.79 Å². The second-order valence-electron chi connectivity index (χ2n) is 4.32. The minimum Gasteiger partial charge on any atom is -0.465 e. The molecule has 2 heterocycles. The highest BCUT2D eigenvalue weighted by molar-refractivity contribution is 9.10. The van der Waals surface area contributed by atoms with Crippen molar-refractivity contribution in [1.82, 2.24) is 0 Å². The van der Waals surface area contributed by atoms with Gasteiger partial charge in [0.2, 0.25) is 5.90 Å². The van der Waals surface area contributed by atoms with E-state index in [9.17, 15) is 4.79 Å². The lowest BCUT2D eigenvalue weighted by Gasteiger charge is -2.02. The normalized spacial score (nSPS) is 16.4. The molecule has 1 aliphatic rings. The van der Waals surface area contributed by atoms with E-state index in [-0.39, 0.29) is 5.70 Å². The number of furan rings is 1. The Balaban J connectivity index is 1.96. The summed E-state index contributed by atoms with van der Waals surface area (Å²) in [7, 11) is 0. The van der Waals surface area contributed by atoms with E-state index >= 15 is 0 Å². The number of rotatable bonds is 2. The Hall–Kier alpha value is -2.14. The second-order valence-corrected chi connectivity index (χ2v) is 5.17. The lowest BCUT2D eigenvalue weighted by molar-refractivity contribution is -0.129.